The molecule has 4 aliphatic rings. The van der Waals surface area contributed by atoms with Gasteiger partial charge in [-0.25, -0.2) is 0 Å². The molecule has 3 fully saturated rings. The van der Waals surface area contributed by atoms with Crippen LogP contribution in [0.25, 0.3) is 0 Å². The van der Waals surface area contributed by atoms with Gasteiger partial charge in [0.2, 0.25) is 0 Å². The lowest BCUT2D eigenvalue weighted by Gasteiger charge is -2.59. The maximum absolute atomic E-state index is 12.1. The lowest BCUT2D eigenvalue weighted by atomic mass is 9.47. The summed E-state index contributed by atoms with van der Waals surface area (Å²) in [6.07, 6.45) is 12.4. The minimum atomic E-state index is -0.130. The van der Waals surface area contributed by atoms with Gasteiger partial charge in [0.05, 0.1) is 7.11 Å². The van der Waals surface area contributed by atoms with Crippen LogP contribution in [0.4, 0.5) is 0 Å². The number of hydrogen-bond donors (Lipinski definition) is 0. The predicted molar refractivity (Wildman–Crippen MR) is 126 cm³/mol. The van der Waals surface area contributed by atoms with Crippen LogP contribution in [0.1, 0.15) is 92.4 Å². The first kappa shape index (κ1) is 23.8. The van der Waals surface area contributed by atoms with Gasteiger partial charge < -0.3 is 9.47 Å². The third-order valence-electron chi connectivity index (χ3n) is 10.4. The fourth-order valence-electron chi connectivity index (χ4n) is 8.64. The van der Waals surface area contributed by atoms with Crippen molar-refractivity contribution in [1.82, 2.24) is 0 Å². The monoisotopic (exact) mass is 444 g/mol. The Kier molecular flexibility index (Phi) is 6.55. The molecular formula is C28H44O4. The Morgan fingerprint density at radius 3 is 2.62 bits per heavy atom. The van der Waals surface area contributed by atoms with Crippen LogP contribution in [0.5, 0.6) is 0 Å². The summed E-state index contributed by atoms with van der Waals surface area (Å²) in [4.78, 5) is 23.9. The number of esters is 2. The average Bonchev–Trinajstić information content (AvgIpc) is 3.09. The van der Waals surface area contributed by atoms with Gasteiger partial charge >= 0.3 is 11.9 Å². The van der Waals surface area contributed by atoms with Crippen LogP contribution < -0.4 is 0 Å². The predicted octanol–water partition coefficient (Wildman–Crippen LogP) is 6.33. The Labute approximate surface area is 194 Å². The molecule has 4 rings (SSSR count). The summed E-state index contributed by atoms with van der Waals surface area (Å²) < 4.78 is 11.0. The van der Waals surface area contributed by atoms with Crippen LogP contribution in [-0.4, -0.2) is 25.2 Å². The zero-order chi connectivity index (χ0) is 23.3. The summed E-state index contributed by atoms with van der Waals surface area (Å²) in [6.45, 7) is 11.3. The Hall–Kier alpha value is -1.32. The molecule has 0 radical (unpaired) electrons. The fraction of sp³-hybridized carbons (Fsp3) is 0.857. The van der Waals surface area contributed by atoms with E-state index < -0.39 is 0 Å². The van der Waals surface area contributed by atoms with Gasteiger partial charge in [0.1, 0.15) is 6.10 Å². The van der Waals surface area contributed by atoms with Crippen LogP contribution in [0, 0.1) is 46.3 Å². The van der Waals surface area contributed by atoms with E-state index in [4.69, 9.17) is 9.47 Å². The molecule has 0 aromatic rings. The number of allylic oxidation sites excluding steroid dienone is 1. The number of carbonyl (C=O) groups excluding carboxylic acids is 2. The van der Waals surface area contributed by atoms with Crippen LogP contribution in [-0.2, 0) is 19.1 Å². The van der Waals surface area contributed by atoms with Crippen molar-refractivity contribution in [2.75, 3.05) is 7.11 Å². The minimum absolute atomic E-state index is 0.0240. The molecule has 9 atom stereocenters. The topological polar surface area (TPSA) is 52.6 Å². The van der Waals surface area contributed by atoms with Crippen molar-refractivity contribution in [3.63, 3.8) is 0 Å². The van der Waals surface area contributed by atoms with E-state index in [1.54, 1.807) is 12.5 Å². The molecule has 180 valence electrons. The van der Waals surface area contributed by atoms with Gasteiger partial charge in [-0.2, -0.15) is 0 Å². The molecule has 4 heteroatoms. The Morgan fingerprint density at radius 2 is 1.94 bits per heavy atom. The lowest BCUT2D eigenvalue weighted by molar-refractivity contribution is -0.157. The number of rotatable bonds is 5. The molecule has 4 nitrogen and oxygen atoms in total. The van der Waals surface area contributed by atoms with Gasteiger partial charge in [0.25, 0.3) is 0 Å². The van der Waals surface area contributed by atoms with E-state index in [0.29, 0.717) is 36.0 Å². The van der Waals surface area contributed by atoms with E-state index in [-0.39, 0.29) is 28.9 Å². The quantitative estimate of drug-likeness (QED) is 0.367. The van der Waals surface area contributed by atoms with Gasteiger partial charge in [-0.15, -0.1) is 0 Å². The molecular weight excluding hydrogens is 400 g/mol. The molecule has 0 aromatic carbocycles. The van der Waals surface area contributed by atoms with Crippen molar-refractivity contribution in [1.29, 1.82) is 0 Å². The maximum atomic E-state index is 12.1. The molecule has 0 bridgehead atoms. The van der Waals surface area contributed by atoms with Gasteiger partial charge in [-0.05, 0) is 91.8 Å². The van der Waals surface area contributed by atoms with E-state index >= 15 is 0 Å². The minimum Gasteiger partial charge on any atom is -0.469 e. The van der Waals surface area contributed by atoms with Gasteiger partial charge in [-0.3, -0.25) is 9.59 Å². The standard InChI is InChI=1S/C28H44O4/c1-17-11-13-27(4)20(15-17)16-24(32-19(3)29)26-22-9-8-21(18(2)7-10-25(30)31-6)28(22,5)14-12-23(26)27/h12,17-18,20-22,24,26H,7-11,13-16H2,1-6H3/t17-,18-,20+,21-,22?,24-,26?,27+,28-/m1/s1. The Balaban J connectivity index is 1.63. The van der Waals surface area contributed by atoms with Crippen molar-refractivity contribution < 1.29 is 19.1 Å². The van der Waals surface area contributed by atoms with Crippen molar-refractivity contribution in [2.24, 2.45) is 46.3 Å². The highest BCUT2D eigenvalue weighted by Crippen LogP contribution is 2.67. The first-order valence-corrected chi connectivity index (χ1v) is 13.0. The van der Waals surface area contributed by atoms with Crippen molar-refractivity contribution in [2.45, 2.75) is 98.5 Å². The van der Waals surface area contributed by atoms with Crippen LogP contribution >= 0.6 is 0 Å². The van der Waals surface area contributed by atoms with Crippen molar-refractivity contribution in [3.05, 3.63) is 11.6 Å². The Bertz CT molecular complexity index is 771. The summed E-state index contributed by atoms with van der Waals surface area (Å²) in [5, 5.41) is 0. The summed E-state index contributed by atoms with van der Waals surface area (Å²) in [6, 6.07) is 0. The maximum Gasteiger partial charge on any atom is 0.305 e. The molecule has 0 heterocycles. The second-order valence-corrected chi connectivity index (χ2v) is 12.2. The molecule has 0 aromatic heterocycles. The summed E-state index contributed by atoms with van der Waals surface area (Å²) in [5.41, 5.74) is 2.11. The number of hydrogen-bond acceptors (Lipinski definition) is 4. The number of fused-ring (bicyclic) bond motifs is 5. The Morgan fingerprint density at radius 1 is 1.19 bits per heavy atom. The van der Waals surface area contributed by atoms with E-state index in [2.05, 4.69) is 33.8 Å². The van der Waals surface area contributed by atoms with Gasteiger partial charge in [0.15, 0.2) is 0 Å². The van der Waals surface area contributed by atoms with Crippen molar-refractivity contribution in [3.8, 4) is 0 Å². The summed E-state index contributed by atoms with van der Waals surface area (Å²) in [7, 11) is 1.48. The highest BCUT2D eigenvalue weighted by molar-refractivity contribution is 5.69. The smallest absolute Gasteiger partial charge is 0.305 e. The number of carbonyl (C=O) groups is 2. The van der Waals surface area contributed by atoms with Crippen LogP contribution in [0.3, 0.4) is 0 Å². The normalized spacial score (nSPS) is 43.9. The second kappa shape index (κ2) is 8.80. The molecule has 0 amide bonds. The molecule has 3 saturated carbocycles. The second-order valence-electron chi connectivity index (χ2n) is 12.2. The van der Waals surface area contributed by atoms with E-state index in [9.17, 15) is 9.59 Å². The van der Waals surface area contributed by atoms with Crippen molar-refractivity contribution >= 4 is 11.9 Å². The third kappa shape index (κ3) is 3.94. The molecule has 0 saturated heterocycles. The summed E-state index contributed by atoms with van der Waals surface area (Å²) >= 11 is 0. The van der Waals surface area contributed by atoms with Gasteiger partial charge in [-0.1, -0.05) is 39.3 Å². The first-order valence-electron chi connectivity index (χ1n) is 13.0. The lowest BCUT2D eigenvalue weighted by Crippen LogP contribution is -2.54. The zero-order valence-electron chi connectivity index (χ0n) is 21.1. The largest absolute Gasteiger partial charge is 0.469 e. The highest BCUT2D eigenvalue weighted by Gasteiger charge is 2.60. The zero-order valence-corrected chi connectivity index (χ0v) is 21.1. The average molecular weight is 445 g/mol. The highest BCUT2D eigenvalue weighted by atomic mass is 16.5. The van der Waals surface area contributed by atoms with Crippen LogP contribution in [0.15, 0.2) is 11.6 Å². The third-order valence-corrected chi connectivity index (χ3v) is 10.4. The van der Waals surface area contributed by atoms with E-state index in [1.807, 2.05) is 0 Å². The first-order chi connectivity index (χ1) is 15.1. The molecule has 0 N–H and O–H groups in total. The molecule has 0 spiro atoms. The molecule has 0 aliphatic heterocycles. The molecule has 32 heavy (non-hydrogen) atoms. The molecule has 2 unspecified atom stereocenters. The fourth-order valence-corrected chi connectivity index (χ4v) is 8.64. The number of ether oxygens (including phenoxy) is 2. The van der Waals surface area contributed by atoms with Crippen LogP contribution in [0.2, 0.25) is 0 Å². The van der Waals surface area contributed by atoms with Gasteiger partial charge in [0, 0.05) is 19.3 Å². The number of methoxy groups -OCH3 is 1. The summed E-state index contributed by atoms with van der Waals surface area (Å²) in [5.74, 6) is 3.19. The van der Waals surface area contributed by atoms with E-state index in [1.165, 1.54) is 39.2 Å². The molecule has 4 aliphatic carbocycles. The SMILES string of the molecule is COC(=O)CC[C@@H](C)[C@H]1CCC2C3C(=CC[C@@]21C)[C@@]1(C)CC[C@@H](C)C[C@H]1C[C@H]3OC(C)=O. The van der Waals surface area contributed by atoms with E-state index in [0.717, 1.165) is 25.2 Å².